The van der Waals surface area contributed by atoms with Crippen LogP contribution in [0.2, 0.25) is 0 Å². The van der Waals surface area contributed by atoms with E-state index in [0.717, 1.165) is 28.0 Å². The number of nitrogens with zero attached hydrogens (tertiary/aromatic N) is 1. The SMILES string of the molecule is COc1ccc(OCCN(C)C(=O)Cc2coc3cc(C)c(C)cc23)cc1. The van der Waals surface area contributed by atoms with Crippen LogP contribution in [0.25, 0.3) is 11.0 Å². The second-order valence-electron chi connectivity index (χ2n) is 6.71. The molecule has 0 aliphatic heterocycles. The average Bonchev–Trinajstić information content (AvgIpc) is 3.04. The number of hydrogen-bond donors (Lipinski definition) is 0. The molecule has 0 aliphatic carbocycles. The summed E-state index contributed by atoms with van der Waals surface area (Å²) in [5, 5.41) is 1.01. The number of ether oxygens (including phenoxy) is 2. The fourth-order valence-corrected chi connectivity index (χ4v) is 2.87. The van der Waals surface area contributed by atoms with Crippen LogP contribution in [0.4, 0.5) is 0 Å². The van der Waals surface area contributed by atoms with Crippen LogP contribution in [-0.2, 0) is 11.2 Å². The number of aryl methyl sites for hydroxylation is 2. The summed E-state index contributed by atoms with van der Waals surface area (Å²) in [5.41, 5.74) is 4.12. The van der Waals surface area contributed by atoms with E-state index in [2.05, 4.69) is 19.9 Å². The van der Waals surface area contributed by atoms with Gasteiger partial charge in [-0.05, 0) is 61.4 Å². The van der Waals surface area contributed by atoms with Crippen molar-refractivity contribution in [2.45, 2.75) is 20.3 Å². The standard InChI is InChI=1S/C22H25NO4/c1-15-11-20-17(14-27-21(20)12-16(15)2)13-22(24)23(3)9-10-26-19-7-5-18(25-4)6-8-19/h5-8,11-12,14H,9-10,13H2,1-4H3. The highest BCUT2D eigenvalue weighted by molar-refractivity contribution is 5.88. The molecule has 3 aromatic rings. The van der Waals surface area contributed by atoms with Crippen LogP contribution in [0.1, 0.15) is 16.7 Å². The number of likely N-dealkylation sites (N-methyl/N-ethyl adjacent to an activating group) is 1. The molecule has 0 bridgehead atoms. The third kappa shape index (κ3) is 4.42. The molecule has 5 heteroatoms. The molecule has 0 saturated heterocycles. The first-order chi connectivity index (χ1) is 13.0. The zero-order valence-corrected chi connectivity index (χ0v) is 16.2. The molecule has 0 unspecified atom stereocenters. The van der Waals surface area contributed by atoms with E-state index in [1.54, 1.807) is 25.3 Å². The molecule has 0 spiro atoms. The van der Waals surface area contributed by atoms with Gasteiger partial charge in [0, 0.05) is 18.0 Å². The summed E-state index contributed by atoms with van der Waals surface area (Å²) in [7, 11) is 3.42. The van der Waals surface area contributed by atoms with E-state index in [-0.39, 0.29) is 5.91 Å². The zero-order valence-electron chi connectivity index (χ0n) is 16.2. The normalized spacial score (nSPS) is 10.8. The zero-order chi connectivity index (χ0) is 19.4. The van der Waals surface area contributed by atoms with Crippen molar-refractivity contribution in [2.24, 2.45) is 0 Å². The molecule has 27 heavy (non-hydrogen) atoms. The number of rotatable bonds is 7. The van der Waals surface area contributed by atoms with Gasteiger partial charge in [-0.25, -0.2) is 0 Å². The predicted molar refractivity (Wildman–Crippen MR) is 106 cm³/mol. The fourth-order valence-electron chi connectivity index (χ4n) is 2.87. The second kappa shape index (κ2) is 8.16. The van der Waals surface area contributed by atoms with Crippen LogP contribution < -0.4 is 9.47 Å². The van der Waals surface area contributed by atoms with Crippen LogP contribution in [0.5, 0.6) is 11.5 Å². The van der Waals surface area contributed by atoms with Crippen molar-refractivity contribution >= 4 is 16.9 Å². The van der Waals surface area contributed by atoms with Crippen LogP contribution in [0.3, 0.4) is 0 Å². The van der Waals surface area contributed by atoms with E-state index in [1.807, 2.05) is 30.3 Å². The summed E-state index contributed by atoms with van der Waals surface area (Å²) < 4.78 is 16.4. The summed E-state index contributed by atoms with van der Waals surface area (Å²) in [6.45, 7) is 5.06. The number of carbonyl (C=O) groups is 1. The fraction of sp³-hybridized carbons (Fsp3) is 0.318. The summed E-state index contributed by atoms with van der Waals surface area (Å²) in [6, 6.07) is 11.5. The lowest BCUT2D eigenvalue weighted by molar-refractivity contribution is -0.129. The second-order valence-corrected chi connectivity index (χ2v) is 6.71. The summed E-state index contributed by atoms with van der Waals surface area (Å²) in [4.78, 5) is 14.2. The lowest BCUT2D eigenvalue weighted by Gasteiger charge is -2.17. The molecule has 0 aliphatic rings. The molecule has 1 aromatic heterocycles. The summed E-state index contributed by atoms with van der Waals surface area (Å²) in [5.74, 6) is 1.57. The van der Waals surface area contributed by atoms with Gasteiger partial charge < -0.3 is 18.8 Å². The van der Waals surface area contributed by atoms with Crippen LogP contribution in [0.15, 0.2) is 47.1 Å². The minimum Gasteiger partial charge on any atom is -0.497 e. The minimum absolute atomic E-state index is 0.0364. The molecule has 142 valence electrons. The van der Waals surface area contributed by atoms with Gasteiger partial charge in [-0.2, -0.15) is 0 Å². The Bertz CT molecular complexity index is 927. The maximum atomic E-state index is 12.5. The Labute approximate surface area is 159 Å². The van der Waals surface area contributed by atoms with Gasteiger partial charge in [0.2, 0.25) is 5.91 Å². The highest BCUT2D eigenvalue weighted by atomic mass is 16.5. The predicted octanol–water partition coefficient (Wildman–Crippen LogP) is 4.14. The van der Waals surface area contributed by atoms with E-state index in [4.69, 9.17) is 13.9 Å². The Hall–Kier alpha value is -2.95. The third-order valence-corrected chi connectivity index (χ3v) is 4.79. The van der Waals surface area contributed by atoms with Gasteiger partial charge in [-0.3, -0.25) is 4.79 Å². The molecule has 0 atom stereocenters. The number of furan rings is 1. The summed E-state index contributed by atoms with van der Waals surface area (Å²) in [6.07, 6.45) is 2.00. The molecule has 0 N–H and O–H groups in total. The monoisotopic (exact) mass is 367 g/mol. The first-order valence-electron chi connectivity index (χ1n) is 8.96. The van der Waals surface area contributed by atoms with Crippen molar-refractivity contribution < 1.29 is 18.7 Å². The van der Waals surface area contributed by atoms with Gasteiger partial charge in [0.25, 0.3) is 0 Å². The Morgan fingerprint density at radius 2 is 1.74 bits per heavy atom. The van der Waals surface area contributed by atoms with Crippen molar-refractivity contribution in [2.75, 3.05) is 27.3 Å². The Morgan fingerprint density at radius 3 is 2.44 bits per heavy atom. The number of benzene rings is 2. The Balaban J connectivity index is 1.55. The van der Waals surface area contributed by atoms with E-state index in [9.17, 15) is 4.79 Å². The van der Waals surface area contributed by atoms with E-state index in [1.165, 1.54) is 11.1 Å². The van der Waals surface area contributed by atoms with Gasteiger partial charge in [0.15, 0.2) is 0 Å². The van der Waals surface area contributed by atoms with Crippen LogP contribution in [0, 0.1) is 13.8 Å². The first kappa shape index (κ1) is 18.8. The smallest absolute Gasteiger partial charge is 0.226 e. The molecular weight excluding hydrogens is 342 g/mol. The van der Waals surface area contributed by atoms with E-state index in [0.29, 0.717) is 19.6 Å². The molecule has 0 saturated carbocycles. The van der Waals surface area contributed by atoms with Gasteiger partial charge in [0.05, 0.1) is 26.3 Å². The molecule has 2 aromatic carbocycles. The highest BCUT2D eigenvalue weighted by Crippen LogP contribution is 2.25. The molecule has 1 heterocycles. The first-order valence-corrected chi connectivity index (χ1v) is 8.96. The van der Waals surface area contributed by atoms with Crippen molar-refractivity contribution in [3.63, 3.8) is 0 Å². The maximum Gasteiger partial charge on any atom is 0.226 e. The number of hydrogen-bond acceptors (Lipinski definition) is 4. The average molecular weight is 367 g/mol. The van der Waals surface area contributed by atoms with Crippen molar-refractivity contribution in [3.05, 3.63) is 59.4 Å². The number of methoxy groups -OCH3 is 1. The number of amides is 1. The van der Waals surface area contributed by atoms with E-state index >= 15 is 0 Å². The molecular formula is C22H25NO4. The number of carbonyl (C=O) groups excluding carboxylic acids is 1. The molecule has 0 radical (unpaired) electrons. The lowest BCUT2D eigenvalue weighted by atomic mass is 10.0. The van der Waals surface area contributed by atoms with Gasteiger partial charge >= 0.3 is 0 Å². The van der Waals surface area contributed by atoms with Crippen molar-refractivity contribution in [1.29, 1.82) is 0 Å². The van der Waals surface area contributed by atoms with Crippen molar-refractivity contribution in [1.82, 2.24) is 4.90 Å². The topological polar surface area (TPSA) is 51.9 Å². The molecule has 0 fully saturated rings. The van der Waals surface area contributed by atoms with Gasteiger partial charge in [-0.1, -0.05) is 0 Å². The lowest BCUT2D eigenvalue weighted by Crippen LogP contribution is -2.32. The Kier molecular flexibility index (Phi) is 5.69. The maximum absolute atomic E-state index is 12.5. The van der Waals surface area contributed by atoms with Crippen molar-refractivity contribution in [3.8, 4) is 11.5 Å². The largest absolute Gasteiger partial charge is 0.497 e. The molecule has 3 rings (SSSR count). The Morgan fingerprint density at radius 1 is 1.07 bits per heavy atom. The highest BCUT2D eigenvalue weighted by Gasteiger charge is 2.15. The number of fused-ring (bicyclic) bond motifs is 1. The molecule has 5 nitrogen and oxygen atoms in total. The van der Waals surface area contributed by atoms with Gasteiger partial charge in [-0.15, -0.1) is 0 Å². The molecule has 1 amide bonds. The van der Waals surface area contributed by atoms with Crippen LogP contribution >= 0.6 is 0 Å². The third-order valence-electron chi connectivity index (χ3n) is 4.79. The minimum atomic E-state index is 0.0364. The summed E-state index contributed by atoms with van der Waals surface area (Å²) >= 11 is 0. The van der Waals surface area contributed by atoms with Crippen LogP contribution in [-0.4, -0.2) is 38.1 Å². The van der Waals surface area contributed by atoms with E-state index < -0.39 is 0 Å². The quantitative estimate of drug-likeness (QED) is 0.630. The van der Waals surface area contributed by atoms with Gasteiger partial charge in [0.1, 0.15) is 23.7 Å².